The molecule has 76 valence electrons. The molecule has 0 aliphatic rings. The van der Waals surface area contributed by atoms with Gasteiger partial charge < -0.3 is 10.8 Å². The lowest BCUT2D eigenvalue weighted by Gasteiger charge is -2.05. The molecule has 1 aromatic rings. The number of aryl methyl sites for hydroxylation is 1. The van der Waals surface area contributed by atoms with Gasteiger partial charge in [0.05, 0.1) is 6.54 Å². The summed E-state index contributed by atoms with van der Waals surface area (Å²) in [6, 6.07) is 5.48. The molecule has 0 radical (unpaired) electrons. The van der Waals surface area contributed by atoms with Crippen molar-refractivity contribution in [2.24, 2.45) is 10.7 Å². The Kier molecular flexibility index (Phi) is 3.65. The van der Waals surface area contributed by atoms with Crippen LogP contribution in [0, 0.1) is 6.92 Å². The van der Waals surface area contributed by atoms with Gasteiger partial charge in [0.25, 0.3) is 0 Å². The van der Waals surface area contributed by atoms with Crippen LogP contribution in [0.4, 0.5) is 0 Å². The van der Waals surface area contributed by atoms with Gasteiger partial charge in [-0.1, -0.05) is 11.6 Å². The van der Waals surface area contributed by atoms with Gasteiger partial charge in [-0.15, -0.1) is 0 Å². The quantitative estimate of drug-likeness (QED) is 0.712. The summed E-state index contributed by atoms with van der Waals surface area (Å²) < 4.78 is 0. The van der Waals surface area contributed by atoms with E-state index in [9.17, 15) is 5.11 Å². The Hall–Kier alpha value is -1.35. The van der Waals surface area contributed by atoms with E-state index in [0.29, 0.717) is 13.1 Å². The minimum Gasteiger partial charge on any atom is -0.507 e. The smallest absolute Gasteiger partial charge is 0.124 e. The van der Waals surface area contributed by atoms with Crippen molar-refractivity contribution >= 4 is 5.71 Å². The molecule has 1 aromatic carbocycles. The first kappa shape index (κ1) is 10.7. The molecule has 0 aliphatic carbocycles. The fraction of sp³-hybridized carbons (Fsp3) is 0.364. The van der Waals surface area contributed by atoms with E-state index in [2.05, 4.69) is 4.99 Å². The van der Waals surface area contributed by atoms with Crippen LogP contribution in [-0.4, -0.2) is 23.9 Å². The summed E-state index contributed by atoms with van der Waals surface area (Å²) in [6.45, 7) is 4.99. The average Bonchev–Trinajstić information content (AvgIpc) is 2.18. The summed E-state index contributed by atoms with van der Waals surface area (Å²) in [5.74, 6) is 0.272. The van der Waals surface area contributed by atoms with E-state index >= 15 is 0 Å². The normalized spacial score (nSPS) is 11.8. The Morgan fingerprint density at radius 3 is 2.86 bits per heavy atom. The molecule has 0 saturated heterocycles. The Bertz CT molecular complexity index is 345. The number of benzene rings is 1. The minimum atomic E-state index is 0.272. The van der Waals surface area contributed by atoms with Crippen molar-refractivity contribution in [3.05, 3.63) is 29.3 Å². The first-order valence-electron chi connectivity index (χ1n) is 4.66. The molecule has 0 bridgehead atoms. The average molecular weight is 192 g/mol. The van der Waals surface area contributed by atoms with E-state index < -0.39 is 0 Å². The van der Waals surface area contributed by atoms with Crippen LogP contribution in [0.15, 0.2) is 23.2 Å². The van der Waals surface area contributed by atoms with Gasteiger partial charge in [0, 0.05) is 17.8 Å². The molecule has 0 fully saturated rings. The summed E-state index contributed by atoms with van der Waals surface area (Å²) in [4.78, 5) is 4.25. The molecule has 0 heterocycles. The van der Waals surface area contributed by atoms with Crippen LogP contribution in [0.1, 0.15) is 18.1 Å². The Labute approximate surface area is 84.3 Å². The molecule has 0 unspecified atom stereocenters. The number of hydrogen-bond acceptors (Lipinski definition) is 3. The van der Waals surface area contributed by atoms with Crippen LogP contribution in [-0.2, 0) is 0 Å². The van der Waals surface area contributed by atoms with Crippen molar-refractivity contribution in [3.8, 4) is 5.75 Å². The lowest BCUT2D eigenvalue weighted by Crippen LogP contribution is -2.05. The van der Waals surface area contributed by atoms with Crippen LogP contribution in [0.3, 0.4) is 0 Å². The van der Waals surface area contributed by atoms with Crippen LogP contribution in [0.25, 0.3) is 0 Å². The van der Waals surface area contributed by atoms with Crippen LogP contribution >= 0.6 is 0 Å². The maximum Gasteiger partial charge on any atom is 0.124 e. The number of nitrogens with two attached hydrogens (primary N) is 1. The third kappa shape index (κ3) is 2.57. The summed E-state index contributed by atoms with van der Waals surface area (Å²) in [5.41, 5.74) is 8.08. The van der Waals surface area contributed by atoms with E-state index in [4.69, 9.17) is 5.73 Å². The summed E-state index contributed by atoms with van der Waals surface area (Å²) in [7, 11) is 0. The van der Waals surface area contributed by atoms with Gasteiger partial charge >= 0.3 is 0 Å². The molecule has 0 saturated carbocycles. The maximum atomic E-state index is 9.59. The highest BCUT2D eigenvalue weighted by Gasteiger charge is 2.03. The highest BCUT2D eigenvalue weighted by atomic mass is 16.3. The number of rotatable bonds is 3. The van der Waals surface area contributed by atoms with Crippen molar-refractivity contribution in [1.82, 2.24) is 0 Å². The molecule has 0 spiro atoms. The van der Waals surface area contributed by atoms with Crippen molar-refractivity contribution in [2.75, 3.05) is 13.1 Å². The zero-order chi connectivity index (χ0) is 10.6. The molecular weight excluding hydrogens is 176 g/mol. The fourth-order valence-corrected chi connectivity index (χ4v) is 1.26. The SMILES string of the molecule is CC(=NCCN)c1cc(C)ccc1O. The minimum absolute atomic E-state index is 0.272. The van der Waals surface area contributed by atoms with Gasteiger partial charge in [-0.25, -0.2) is 0 Å². The van der Waals surface area contributed by atoms with Gasteiger partial charge in [-0.2, -0.15) is 0 Å². The lowest BCUT2D eigenvalue weighted by atomic mass is 10.1. The van der Waals surface area contributed by atoms with Crippen molar-refractivity contribution in [1.29, 1.82) is 0 Å². The summed E-state index contributed by atoms with van der Waals surface area (Å²) in [5, 5.41) is 9.59. The van der Waals surface area contributed by atoms with Gasteiger partial charge in [0.2, 0.25) is 0 Å². The Morgan fingerprint density at radius 2 is 2.21 bits per heavy atom. The van der Waals surface area contributed by atoms with Crippen molar-refractivity contribution in [2.45, 2.75) is 13.8 Å². The first-order chi connectivity index (χ1) is 6.65. The van der Waals surface area contributed by atoms with E-state index in [1.54, 1.807) is 6.07 Å². The highest BCUT2D eigenvalue weighted by molar-refractivity contribution is 6.01. The van der Waals surface area contributed by atoms with Gasteiger partial charge in [-0.05, 0) is 26.0 Å². The second-order valence-electron chi connectivity index (χ2n) is 3.28. The maximum absolute atomic E-state index is 9.59. The van der Waals surface area contributed by atoms with Gasteiger partial charge in [0.1, 0.15) is 5.75 Å². The van der Waals surface area contributed by atoms with E-state index in [-0.39, 0.29) is 5.75 Å². The van der Waals surface area contributed by atoms with Crippen LogP contribution < -0.4 is 5.73 Å². The third-order valence-corrected chi connectivity index (χ3v) is 2.02. The zero-order valence-electron chi connectivity index (χ0n) is 8.62. The zero-order valence-corrected chi connectivity index (χ0v) is 8.62. The van der Waals surface area contributed by atoms with Crippen LogP contribution in [0.5, 0.6) is 5.75 Å². The third-order valence-electron chi connectivity index (χ3n) is 2.02. The monoisotopic (exact) mass is 192 g/mol. The number of phenols is 1. The summed E-state index contributed by atoms with van der Waals surface area (Å²) in [6.07, 6.45) is 0. The van der Waals surface area contributed by atoms with E-state index in [0.717, 1.165) is 16.8 Å². The molecule has 0 aliphatic heterocycles. The van der Waals surface area contributed by atoms with Gasteiger partial charge in [0.15, 0.2) is 0 Å². The largest absolute Gasteiger partial charge is 0.507 e. The Balaban J connectivity index is 2.99. The fourth-order valence-electron chi connectivity index (χ4n) is 1.26. The number of hydrogen-bond donors (Lipinski definition) is 2. The first-order valence-corrected chi connectivity index (χ1v) is 4.66. The van der Waals surface area contributed by atoms with Crippen LogP contribution in [0.2, 0.25) is 0 Å². The number of phenolic OH excluding ortho intramolecular Hbond substituents is 1. The highest BCUT2D eigenvalue weighted by Crippen LogP contribution is 2.18. The molecule has 3 N–H and O–H groups in total. The second-order valence-corrected chi connectivity index (χ2v) is 3.28. The predicted octanol–water partition coefficient (Wildman–Crippen LogP) is 1.47. The molecule has 3 heteroatoms. The van der Waals surface area contributed by atoms with Crippen molar-refractivity contribution in [3.63, 3.8) is 0 Å². The van der Waals surface area contributed by atoms with E-state index in [1.165, 1.54) is 0 Å². The lowest BCUT2D eigenvalue weighted by molar-refractivity contribution is 0.474. The van der Waals surface area contributed by atoms with Gasteiger partial charge in [-0.3, -0.25) is 4.99 Å². The molecule has 1 rings (SSSR count). The molecule has 14 heavy (non-hydrogen) atoms. The molecule has 0 amide bonds. The number of aliphatic imine (C=N–C) groups is 1. The molecule has 0 aromatic heterocycles. The van der Waals surface area contributed by atoms with E-state index in [1.807, 2.05) is 26.0 Å². The Morgan fingerprint density at radius 1 is 1.50 bits per heavy atom. The molecule has 3 nitrogen and oxygen atoms in total. The standard InChI is InChI=1S/C11H16N2O/c1-8-3-4-11(14)10(7-8)9(2)13-6-5-12/h3-4,7,14H,5-6,12H2,1-2H3. The number of nitrogens with zero attached hydrogens (tertiary/aromatic N) is 1. The topological polar surface area (TPSA) is 58.6 Å². The predicted molar refractivity (Wildman–Crippen MR) is 59.0 cm³/mol. The number of aromatic hydroxyl groups is 1. The van der Waals surface area contributed by atoms with Crippen molar-refractivity contribution < 1.29 is 5.11 Å². The second kappa shape index (κ2) is 4.77. The summed E-state index contributed by atoms with van der Waals surface area (Å²) >= 11 is 0. The molecular formula is C11H16N2O. The molecule has 0 atom stereocenters.